The topological polar surface area (TPSA) is 32.7 Å². The summed E-state index contributed by atoms with van der Waals surface area (Å²) in [4.78, 5) is 5.77. The number of hydrogen-bond donors (Lipinski definition) is 1. The zero-order chi connectivity index (χ0) is 15.7. The van der Waals surface area contributed by atoms with Crippen LogP contribution >= 0.6 is 0 Å². The summed E-state index contributed by atoms with van der Waals surface area (Å²) in [5.41, 5.74) is 1.85. The van der Waals surface area contributed by atoms with E-state index >= 15 is 0 Å². The predicted molar refractivity (Wildman–Crippen MR) is 90.1 cm³/mol. The van der Waals surface area contributed by atoms with Crippen molar-refractivity contribution < 1.29 is 9.94 Å². The summed E-state index contributed by atoms with van der Waals surface area (Å²) in [6.45, 7) is 0.591. The molecular weight excluding hydrogens is 286 g/mol. The molecule has 0 aromatic heterocycles. The summed E-state index contributed by atoms with van der Waals surface area (Å²) >= 11 is 0. The molecule has 1 N–H and O–H groups in total. The highest BCUT2D eigenvalue weighted by atomic mass is 16.8. The number of aliphatic hydroxyl groups is 1. The first-order valence-corrected chi connectivity index (χ1v) is 7.64. The van der Waals surface area contributed by atoms with Crippen LogP contribution in [-0.4, -0.2) is 10.2 Å². The minimum absolute atomic E-state index is 0.591. The van der Waals surface area contributed by atoms with E-state index in [0.29, 0.717) is 6.54 Å². The third kappa shape index (κ3) is 2.72. The molecule has 1 unspecified atom stereocenters. The van der Waals surface area contributed by atoms with Gasteiger partial charge in [-0.15, -0.1) is 0 Å². The van der Waals surface area contributed by atoms with Crippen molar-refractivity contribution in [1.82, 2.24) is 5.06 Å². The van der Waals surface area contributed by atoms with Gasteiger partial charge < -0.3 is 5.11 Å². The van der Waals surface area contributed by atoms with E-state index in [0.717, 1.165) is 21.9 Å². The van der Waals surface area contributed by atoms with Crippen LogP contribution in [0.5, 0.6) is 0 Å². The van der Waals surface area contributed by atoms with Crippen LogP contribution in [0.4, 0.5) is 0 Å². The molecule has 0 saturated carbocycles. The molecule has 3 nitrogen and oxygen atoms in total. The Morgan fingerprint density at radius 2 is 1.61 bits per heavy atom. The lowest BCUT2D eigenvalue weighted by Crippen LogP contribution is -2.28. The SMILES string of the molecule is OC1(c2ccc3ccccc3c2)C=CN(Cc2ccccc2)O1. The highest BCUT2D eigenvalue weighted by Crippen LogP contribution is 2.33. The third-order valence-corrected chi connectivity index (χ3v) is 4.07. The molecule has 4 rings (SSSR count). The van der Waals surface area contributed by atoms with Crippen molar-refractivity contribution in [3.63, 3.8) is 0 Å². The van der Waals surface area contributed by atoms with Crippen LogP contribution in [-0.2, 0) is 17.2 Å². The fourth-order valence-corrected chi connectivity index (χ4v) is 2.83. The minimum atomic E-state index is -1.42. The van der Waals surface area contributed by atoms with E-state index in [1.807, 2.05) is 66.7 Å². The fourth-order valence-electron chi connectivity index (χ4n) is 2.83. The lowest BCUT2D eigenvalue weighted by atomic mass is 10.0. The van der Waals surface area contributed by atoms with E-state index in [2.05, 4.69) is 6.07 Å². The average Bonchev–Trinajstić information content (AvgIpc) is 2.97. The first-order valence-electron chi connectivity index (χ1n) is 7.64. The van der Waals surface area contributed by atoms with E-state index < -0.39 is 5.79 Å². The van der Waals surface area contributed by atoms with Gasteiger partial charge in [0.1, 0.15) is 0 Å². The Morgan fingerprint density at radius 3 is 2.43 bits per heavy atom. The van der Waals surface area contributed by atoms with Crippen molar-refractivity contribution in [2.24, 2.45) is 0 Å². The molecule has 3 aromatic carbocycles. The summed E-state index contributed by atoms with van der Waals surface area (Å²) < 4.78 is 0. The van der Waals surface area contributed by atoms with Crippen molar-refractivity contribution in [3.05, 3.63) is 96.2 Å². The van der Waals surface area contributed by atoms with Gasteiger partial charge in [0.15, 0.2) is 0 Å². The van der Waals surface area contributed by atoms with Crippen molar-refractivity contribution in [1.29, 1.82) is 0 Å². The van der Waals surface area contributed by atoms with Crippen molar-refractivity contribution in [2.45, 2.75) is 12.3 Å². The van der Waals surface area contributed by atoms with E-state index in [4.69, 9.17) is 4.84 Å². The lowest BCUT2D eigenvalue weighted by molar-refractivity contribution is -0.280. The Bertz CT molecular complexity index is 860. The molecule has 3 heteroatoms. The molecule has 23 heavy (non-hydrogen) atoms. The smallest absolute Gasteiger partial charge is 0.239 e. The number of nitrogens with zero attached hydrogens (tertiary/aromatic N) is 1. The van der Waals surface area contributed by atoms with E-state index in [9.17, 15) is 5.11 Å². The monoisotopic (exact) mass is 303 g/mol. The molecule has 0 radical (unpaired) electrons. The largest absolute Gasteiger partial charge is 0.357 e. The average molecular weight is 303 g/mol. The van der Waals surface area contributed by atoms with Gasteiger partial charge in [-0.3, -0.25) is 5.06 Å². The molecule has 0 bridgehead atoms. The van der Waals surface area contributed by atoms with Crippen LogP contribution in [0.15, 0.2) is 85.1 Å². The minimum Gasteiger partial charge on any atom is -0.357 e. The zero-order valence-corrected chi connectivity index (χ0v) is 12.6. The molecule has 1 aliphatic heterocycles. The number of rotatable bonds is 3. The van der Waals surface area contributed by atoms with Crippen molar-refractivity contribution in [2.75, 3.05) is 0 Å². The van der Waals surface area contributed by atoms with Crippen molar-refractivity contribution in [3.8, 4) is 0 Å². The molecule has 1 aliphatic rings. The fraction of sp³-hybridized carbons (Fsp3) is 0.100. The Morgan fingerprint density at radius 1 is 0.870 bits per heavy atom. The highest BCUT2D eigenvalue weighted by Gasteiger charge is 2.34. The Balaban J connectivity index is 1.57. The number of fused-ring (bicyclic) bond motifs is 1. The van der Waals surface area contributed by atoms with Gasteiger partial charge in [0.2, 0.25) is 5.79 Å². The standard InChI is InChI=1S/C20H17NO2/c22-20(19-11-10-17-8-4-5-9-18(17)14-19)12-13-21(23-20)15-16-6-2-1-3-7-16/h1-14,22H,15H2. The van der Waals surface area contributed by atoms with Gasteiger partial charge in [-0.05, 0) is 28.5 Å². The van der Waals surface area contributed by atoms with Crippen LogP contribution in [0.2, 0.25) is 0 Å². The maximum absolute atomic E-state index is 10.8. The molecule has 114 valence electrons. The first kappa shape index (κ1) is 14.0. The lowest BCUT2D eigenvalue weighted by Gasteiger charge is -2.25. The number of benzene rings is 3. The van der Waals surface area contributed by atoms with E-state index in [-0.39, 0.29) is 0 Å². The van der Waals surface area contributed by atoms with Gasteiger partial charge in [-0.1, -0.05) is 66.7 Å². The molecule has 0 spiro atoms. The van der Waals surface area contributed by atoms with Crippen molar-refractivity contribution >= 4 is 10.8 Å². The second kappa shape index (κ2) is 5.54. The van der Waals surface area contributed by atoms with Gasteiger partial charge in [0.25, 0.3) is 0 Å². The zero-order valence-electron chi connectivity index (χ0n) is 12.6. The summed E-state index contributed by atoms with van der Waals surface area (Å²) in [5.74, 6) is -1.42. The Labute approximate surface area is 135 Å². The van der Waals surface area contributed by atoms with Crippen LogP contribution < -0.4 is 0 Å². The predicted octanol–water partition coefficient (Wildman–Crippen LogP) is 3.95. The Hall–Kier alpha value is -2.62. The van der Waals surface area contributed by atoms with Gasteiger partial charge in [-0.25, -0.2) is 4.84 Å². The second-order valence-electron chi connectivity index (χ2n) is 5.73. The molecule has 0 fully saturated rings. The summed E-state index contributed by atoms with van der Waals surface area (Å²) in [5, 5.41) is 14.7. The molecule has 0 amide bonds. The summed E-state index contributed by atoms with van der Waals surface area (Å²) in [7, 11) is 0. The van der Waals surface area contributed by atoms with Crippen LogP contribution in [0.3, 0.4) is 0 Å². The van der Waals surface area contributed by atoms with Crippen LogP contribution in [0.1, 0.15) is 11.1 Å². The molecule has 1 heterocycles. The summed E-state index contributed by atoms with van der Waals surface area (Å²) in [6.07, 6.45) is 3.46. The molecule has 1 atom stereocenters. The van der Waals surface area contributed by atoms with Crippen LogP contribution in [0.25, 0.3) is 10.8 Å². The van der Waals surface area contributed by atoms with Gasteiger partial charge in [0, 0.05) is 11.8 Å². The van der Waals surface area contributed by atoms with Crippen LogP contribution in [0, 0.1) is 0 Å². The van der Waals surface area contributed by atoms with Gasteiger partial charge in [0.05, 0.1) is 6.54 Å². The number of hydroxylamine groups is 2. The van der Waals surface area contributed by atoms with Gasteiger partial charge in [-0.2, -0.15) is 0 Å². The molecule has 0 aliphatic carbocycles. The van der Waals surface area contributed by atoms with Gasteiger partial charge >= 0.3 is 0 Å². The molecule has 0 saturated heterocycles. The van der Waals surface area contributed by atoms with E-state index in [1.54, 1.807) is 17.3 Å². The summed E-state index contributed by atoms with van der Waals surface area (Å²) in [6, 6.07) is 24.0. The molecular formula is C20H17NO2. The normalized spacial score (nSPS) is 20.3. The Kier molecular flexibility index (Phi) is 3.37. The van der Waals surface area contributed by atoms with E-state index in [1.165, 1.54) is 0 Å². The number of hydrogen-bond acceptors (Lipinski definition) is 3. The molecule has 3 aromatic rings. The maximum atomic E-state index is 10.8. The maximum Gasteiger partial charge on any atom is 0.239 e. The second-order valence-corrected chi connectivity index (χ2v) is 5.73. The first-order chi connectivity index (χ1) is 11.2. The quantitative estimate of drug-likeness (QED) is 0.795. The highest BCUT2D eigenvalue weighted by molar-refractivity contribution is 5.83. The third-order valence-electron chi connectivity index (χ3n) is 4.07.